The summed E-state index contributed by atoms with van der Waals surface area (Å²) in [6, 6.07) is 10.3. The summed E-state index contributed by atoms with van der Waals surface area (Å²) in [7, 11) is 0.890. The summed E-state index contributed by atoms with van der Waals surface area (Å²) >= 11 is 0. The molecule has 0 atom stereocenters. The number of ether oxygens (including phenoxy) is 1. The standard InChI is InChI=1S/C22H27BFNO4/c1-21(2)22(3,4)29-23(28-21)16-10-9-15(18(24)13-16)8-6-14-7-11-19(27-5)17(12-14)20(25)26/h7,9-13H,6,8H2,1-5H3,(H2,25,26). The topological polar surface area (TPSA) is 70.8 Å². The van der Waals surface area contributed by atoms with Crippen LogP contribution in [-0.2, 0) is 22.2 Å². The lowest BCUT2D eigenvalue weighted by Gasteiger charge is -2.32. The molecule has 29 heavy (non-hydrogen) atoms. The fraction of sp³-hybridized carbons (Fsp3) is 0.409. The van der Waals surface area contributed by atoms with Crippen molar-refractivity contribution < 1.29 is 23.2 Å². The van der Waals surface area contributed by atoms with Gasteiger partial charge < -0.3 is 19.8 Å². The minimum Gasteiger partial charge on any atom is -0.496 e. The van der Waals surface area contributed by atoms with E-state index < -0.39 is 24.2 Å². The highest BCUT2D eigenvalue weighted by molar-refractivity contribution is 6.62. The molecule has 5 nitrogen and oxygen atoms in total. The first-order valence-electron chi connectivity index (χ1n) is 9.65. The summed E-state index contributed by atoms with van der Waals surface area (Å²) in [6.45, 7) is 7.86. The molecule has 1 fully saturated rings. The molecular weight excluding hydrogens is 372 g/mol. The molecule has 2 aromatic rings. The van der Waals surface area contributed by atoms with Gasteiger partial charge in [-0.25, -0.2) is 4.39 Å². The number of amides is 1. The van der Waals surface area contributed by atoms with Crippen molar-refractivity contribution >= 4 is 18.5 Å². The molecule has 2 aromatic carbocycles. The number of rotatable bonds is 6. The zero-order valence-corrected chi connectivity index (χ0v) is 17.5. The van der Waals surface area contributed by atoms with E-state index in [9.17, 15) is 9.18 Å². The number of hydrogen-bond donors (Lipinski definition) is 1. The summed E-state index contributed by atoms with van der Waals surface area (Å²) in [6.07, 6.45) is 1.05. The maximum atomic E-state index is 14.7. The van der Waals surface area contributed by atoms with Gasteiger partial charge in [0, 0.05) is 0 Å². The fourth-order valence-electron chi connectivity index (χ4n) is 3.27. The van der Waals surface area contributed by atoms with Crippen LogP contribution < -0.4 is 15.9 Å². The Kier molecular flexibility index (Phi) is 5.74. The predicted octanol–water partition coefficient (Wildman–Crippen LogP) is 3.02. The van der Waals surface area contributed by atoms with Gasteiger partial charge in [0.2, 0.25) is 0 Å². The summed E-state index contributed by atoms with van der Waals surface area (Å²) < 4.78 is 31.8. The van der Waals surface area contributed by atoms with Crippen molar-refractivity contribution in [2.75, 3.05) is 7.11 Å². The first kappa shape index (κ1) is 21.3. The Bertz CT molecular complexity index is 913. The highest BCUT2D eigenvalue weighted by atomic mass is 19.1. The summed E-state index contributed by atoms with van der Waals surface area (Å²) in [4.78, 5) is 11.6. The molecule has 1 aliphatic heterocycles. The van der Waals surface area contributed by atoms with E-state index in [1.807, 2.05) is 39.8 Å². The van der Waals surface area contributed by atoms with E-state index in [2.05, 4.69) is 0 Å². The third-order valence-electron chi connectivity index (χ3n) is 5.81. The maximum absolute atomic E-state index is 14.7. The lowest BCUT2D eigenvalue weighted by molar-refractivity contribution is 0.00578. The van der Waals surface area contributed by atoms with E-state index in [-0.39, 0.29) is 5.82 Å². The lowest BCUT2D eigenvalue weighted by Crippen LogP contribution is -2.41. The zero-order chi connectivity index (χ0) is 21.4. The lowest BCUT2D eigenvalue weighted by atomic mass is 9.78. The van der Waals surface area contributed by atoms with Gasteiger partial charge in [-0.15, -0.1) is 0 Å². The third-order valence-corrected chi connectivity index (χ3v) is 5.81. The Labute approximate surface area is 171 Å². The van der Waals surface area contributed by atoms with Gasteiger partial charge >= 0.3 is 7.12 Å². The van der Waals surface area contributed by atoms with E-state index in [1.165, 1.54) is 13.2 Å². The fourth-order valence-corrected chi connectivity index (χ4v) is 3.27. The van der Waals surface area contributed by atoms with Crippen LogP contribution in [0.25, 0.3) is 0 Å². The molecule has 1 amide bonds. The molecule has 1 heterocycles. The van der Waals surface area contributed by atoms with Gasteiger partial charge in [0.05, 0.1) is 23.9 Å². The molecule has 0 aromatic heterocycles. The van der Waals surface area contributed by atoms with Gasteiger partial charge in [-0.3, -0.25) is 4.79 Å². The summed E-state index contributed by atoms with van der Waals surface area (Å²) in [5, 5.41) is 0. The van der Waals surface area contributed by atoms with Crippen molar-refractivity contribution in [3.05, 3.63) is 58.9 Å². The van der Waals surface area contributed by atoms with Gasteiger partial charge in [0.25, 0.3) is 5.91 Å². The minimum atomic E-state index is -0.594. The number of halogens is 1. The normalized spacial score (nSPS) is 17.4. The first-order chi connectivity index (χ1) is 13.5. The minimum absolute atomic E-state index is 0.305. The Morgan fingerprint density at radius 1 is 1.07 bits per heavy atom. The highest BCUT2D eigenvalue weighted by Gasteiger charge is 2.51. The molecule has 1 saturated heterocycles. The van der Waals surface area contributed by atoms with Gasteiger partial charge in [-0.2, -0.15) is 0 Å². The Hall–Kier alpha value is -2.38. The van der Waals surface area contributed by atoms with Crippen LogP contribution in [0.3, 0.4) is 0 Å². The number of carbonyl (C=O) groups excluding carboxylic acids is 1. The molecule has 0 unspecified atom stereocenters. The number of carbonyl (C=O) groups is 1. The zero-order valence-electron chi connectivity index (χ0n) is 17.5. The average Bonchev–Trinajstić information content (AvgIpc) is 2.87. The van der Waals surface area contributed by atoms with Crippen LogP contribution in [0.5, 0.6) is 5.75 Å². The number of hydrogen-bond acceptors (Lipinski definition) is 4. The monoisotopic (exact) mass is 399 g/mol. The molecule has 0 saturated carbocycles. The van der Waals surface area contributed by atoms with Crippen molar-refractivity contribution in [3.8, 4) is 5.75 Å². The van der Waals surface area contributed by atoms with Gasteiger partial charge in [-0.05, 0) is 75.3 Å². The van der Waals surface area contributed by atoms with Crippen LogP contribution >= 0.6 is 0 Å². The van der Waals surface area contributed by atoms with Crippen molar-refractivity contribution in [3.63, 3.8) is 0 Å². The van der Waals surface area contributed by atoms with Gasteiger partial charge in [-0.1, -0.05) is 18.2 Å². The van der Waals surface area contributed by atoms with Crippen molar-refractivity contribution in [1.29, 1.82) is 0 Å². The van der Waals surface area contributed by atoms with Crippen LogP contribution in [0, 0.1) is 5.82 Å². The van der Waals surface area contributed by atoms with E-state index in [1.54, 1.807) is 18.2 Å². The number of nitrogens with two attached hydrogens (primary N) is 1. The quantitative estimate of drug-likeness (QED) is 0.759. The Balaban J connectivity index is 1.72. The third kappa shape index (κ3) is 4.31. The molecule has 0 spiro atoms. The Morgan fingerprint density at radius 3 is 2.28 bits per heavy atom. The van der Waals surface area contributed by atoms with Crippen molar-refractivity contribution in [2.24, 2.45) is 5.73 Å². The van der Waals surface area contributed by atoms with Crippen LogP contribution in [-0.4, -0.2) is 31.3 Å². The van der Waals surface area contributed by atoms with Crippen LogP contribution in [0.1, 0.15) is 49.2 Å². The van der Waals surface area contributed by atoms with Crippen LogP contribution in [0.2, 0.25) is 0 Å². The molecule has 3 rings (SSSR count). The number of benzene rings is 2. The van der Waals surface area contributed by atoms with E-state index in [0.717, 1.165) is 5.56 Å². The first-order valence-corrected chi connectivity index (χ1v) is 9.65. The molecule has 1 aliphatic rings. The van der Waals surface area contributed by atoms with E-state index >= 15 is 0 Å². The number of methoxy groups -OCH3 is 1. The molecule has 0 radical (unpaired) electrons. The molecule has 0 bridgehead atoms. The van der Waals surface area contributed by atoms with E-state index in [4.69, 9.17) is 19.8 Å². The van der Waals surface area contributed by atoms with Gasteiger partial charge in [0.1, 0.15) is 11.6 Å². The molecule has 0 aliphatic carbocycles. The predicted molar refractivity (Wildman–Crippen MR) is 111 cm³/mol. The van der Waals surface area contributed by atoms with Crippen LogP contribution in [0.15, 0.2) is 36.4 Å². The number of primary amides is 1. The smallest absolute Gasteiger partial charge is 0.494 e. The second-order valence-corrected chi connectivity index (χ2v) is 8.34. The summed E-state index contributed by atoms with van der Waals surface area (Å²) in [5.41, 5.74) is 6.90. The van der Waals surface area contributed by atoms with Crippen molar-refractivity contribution in [1.82, 2.24) is 0 Å². The molecule has 7 heteroatoms. The van der Waals surface area contributed by atoms with Crippen LogP contribution in [0.4, 0.5) is 4.39 Å². The average molecular weight is 399 g/mol. The highest BCUT2D eigenvalue weighted by Crippen LogP contribution is 2.36. The second kappa shape index (κ2) is 7.80. The van der Waals surface area contributed by atoms with Gasteiger partial charge in [0.15, 0.2) is 0 Å². The largest absolute Gasteiger partial charge is 0.496 e. The molecule has 154 valence electrons. The summed E-state index contributed by atoms with van der Waals surface area (Å²) in [5.74, 6) is -0.429. The Morgan fingerprint density at radius 2 is 1.72 bits per heavy atom. The molecule has 2 N–H and O–H groups in total. The maximum Gasteiger partial charge on any atom is 0.494 e. The van der Waals surface area contributed by atoms with Crippen molar-refractivity contribution in [2.45, 2.75) is 51.7 Å². The second-order valence-electron chi connectivity index (χ2n) is 8.34. The van der Waals surface area contributed by atoms with E-state index in [0.29, 0.717) is 35.2 Å². The molecular formula is C22H27BFNO4. The SMILES string of the molecule is COc1ccc(CCc2ccc(B3OC(C)(C)C(C)(C)O3)cc2F)cc1C(N)=O. The number of aryl methyl sites for hydroxylation is 2.